The van der Waals surface area contributed by atoms with Gasteiger partial charge < -0.3 is 19.8 Å². The van der Waals surface area contributed by atoms with Crippen LogP contribution < -0.4 is 9.64 Å². The molecule has 0 amide bonds. The van der Waals surface area contributed by atoms with E-state index in [1.165, 1.54) is 12.6 Å². The first-order valence-electron chi connectivity index (χ1n) is 10.7. The van der Waals surface area contributed by atoms with Gasteiger partial charge >= 0.3 is 0 Å². The maximum absolute atomic E-state index is 11.7. The van der Waals surface area contributed by atoms with Crippen molar-refractivity contribution in [2.24, 2.45) is 0 Å². The Labute approximate surface area is 178 Å². The van der Waals surface area contributed by atoms with Gasteiger partial charge in [-0.2, -0.15) is 0 Å². The molecule has 0 unspecified atom stereocenters. The number of carbonyl (C=O) groups excluding carboxylic acids is 1. The van der Waals surface area contributed by atoms with Crippen LogP contribution in [0.15, 0.2) is 42.5 Å². The second-order valence-corrected chi connectivity index (χ2v) is 7.83. The molecule has 1 heterocycles. The first kappa shape index (κ1) is 22.1. The van der Waals surface area contributed by atoms with Crippen LogP contribution in [0.2, 0.25) is 0 Å². The zero-order valence-electron chi connectivity index (χ0n) is 17.9. The lowest BCUT2D eigenvalue weighted by Crippen LogP contribution is -2.49. The molecule has 1 fully saturated rings. The third-order valence-corrected chi connectivity index (χ3v) is 5.51. The van der Waals surface area contributed by atoms with Gasteiger partial charge in [0.05, 0.1) is 5.56 Å². The molecule has 0 bridgehead atoms. The number of hydrogen-bond acceptors (Lipinski definition) is 6. The van der Waals surface area contributed by atoms with Crippen LogP contribution in [-0.4, -0.2) is 66.3 Å². The van der Waals surface area contributed by atoms with Gasteiger partial charge in [-0.05, 0) is 37.6 Å². The van der Waals surface area contributed by atoms with Crippen molar-refractivity contribution in [2.75, 3.05) is 44.2 Å². The average Bonchev–Trinajstić information content (AvgIpc) is 2.75. The second-order valence-electron chi connectivity index (χ2n) is 7.83. The summed E-state index contributed by atoms with van der Waals surface area (Å²) in [7, 11) is 0. The minimum Gasteiger partial charge on any atom is -0.507 e. The molecular formula is C24H32N2O4. The number of aliphatic hydroxyl groups excluding tert-OH is 1. The molecule has 0 aliphatic carbocycles. The van der Waals surface area contributed by atoms with Crippen LogP contribution in [0, 0.1) is 0 Å². The smallest absolute Gasteiger partial charge is 0.163 e. The van der Waals surface area contributed by atoms with Crippen molar-refractivity contribution >= 4 is 11.5 Å². The maximum atomic E-state index is 11.7. The van der Waals surface area contributed by atoms with Crippen molar-refractivity contribution in [3.8, 4) is 11.5 Å². The van der Waals surface area contributed by atoms with E-state index in [2.05, 4.69) is 34.1 Å². The van der Waals surface area contributed by atoms with Gasteiger partial charge in [0.25, 0.3) is 0 Å². The molecule has 6 heteroatoms. The second kappa shape index (κ2) is 10.5. The molecule has 3 rings (SSSR count). The Morgan fingerprint density at radius 2 is 1.80 bits per heavy atom. The first-order chi connectivity index (χ1) is 14.5. The molecule has 1 atom stereocenters. The van der Waals surface area contributed by atoms with Crippen LogP contribution in [-0.2, 0) is 6.42 Å². The number of rotatable bonds is 9. The maximum Gasteiger partial charge on any atom is 0.163 e. The topological polar surface area (TPSA) is 73.2 Å². The van der Waals surface area contributed by atoms with E-state index in [1.807, 2.05) is 13.0 Å². The third kappa shape index (κ3) is 5.52. The highest BCUT2D eigenvalue weighted by Gasteiger charge is 2.21. The zero-order chi connectivity index (χ0) is 21.5. The van der Waals surface area contributed by atoms with Crippen LogP contribution in [0.1, 0.15) is 36.2 Å². The largest absolute Gasteiger partial charge is 0.507 e. The Bertz CT molecular complexity index is 833. The van der Waals surface area contributed by atoms with Crippen LogP contribution in [0.3, 0.4) is 0 Å². The summed E-state index contributed by atoms with van der Waals surface area (Å²) >= 11 is 0. The number of ether oxygens (including phenoxy) is 1. The van der Waals surface area contributed by atoms with Crippen LogP contribution in [0.5, 0.6) is 11.5 Å². The number of piperazine rings is 1. The van der Waals surface area contributed by atoms with Crippen molar-refractivity contribution in [3.05, 3.63) is 53.6 Å². The van der Waals surface area contributed by atoms with Crippen molar-refractivity contribution in [1.82, 2.24) is 4.90 Å². The first-order valence-corrected chi connectivity index (χ1v) is 10.7. The Morgan fingerprint density at radius 1 is 1.10 bits per heavy atom. The monoisotopic (exact) mass is 412 g/mol. The van der Waals surface area contributed by atoms with E-state index in [1.54, 1.807) is 12.1 Å². The third-order valence-electron chi connectivity index (χ3n) is 5.51. The highest BCUT2D eigenvalue weighted by molar-refractivity contribution is 5.97. The number of phenols is 1. The van der Waals surface area contributed by atoms with Gasteiger partial charge in [-0.3, -0.25) is 9.69 Å². The molecule has 0 saturated carbocycles. The molecule has 1 aliphatic rings. The van der Waals surface area contributed by atoms with E-state index in [9.17, 15) is 15.0 Å². The number of benzene rings is 2. The average molecular weight is 413 g/mol. The number of carbonyl (C=O) groups is 1. The quantitative estimate of drug-likeness (QED) is 0.617. The molecule has 1 saturated heterocycles. The molecular weight excluding hydrogens is 380 g/mol. The molecule has 0 radical (unpaired) electrons. The van der Waals surface area contributed by atoms with Gasteiger partial charge in [-0.25, -0.2) is 0 Å². The Balaban J connectivity index is 1.52. The Kier molecular flexibility index (Phi) is 7.71. The molecule has 162 valence electrons. The number of para-hydroxylation sites is 1. The van der Waals surface area contributed by atoms with E-state index < -0.39 is 6.10 Å². The molecule has 0 aromatic heterocycles. The lowest BCUT2D eigenvalue weighted by Gasteiger charge is -2.36. The van der Waals surface area contributed by atoms with Crippen molar-refractivity contribution < 1.29 is 19.7 Å². The van der Waals surface area contributed by atoms with E-state index in [4.69, 9.17) is 4.74 Å². The van der Waals surface area contributed by atoms with Gasteiger partial charge in [0.2, 0.25) is 0 Å². The van der Waals surface area contributed by atoms with Gasteiger partial charge in [0.15, 0.2) is 5.78 Å². The minimum absolute atomic E-state index is 0.00614. The van der Waals surface area contributed by atoms with Gasteiger partial charge in [-0.15, -0.1) is 0 Å². The zero-order valence-corrected chi connectivity index (χ0v) is 17.9. The Hall–Kier alpha value is -2.57. The highest BCUT2D eigenvalue weighted by atomic mass is 16.5. The summed E-state index contributed by atoms with van der Waals surface area (Å²) in [5.74, 6) is 0.353. The normalized spacial score (nSPS) is 15.8. The summed E-state index contributed by atoms with van der Waals surface area (Å²) in [6.45, 7) is 7.78. The predicted molar refractivity (Wildman–Crippen MR) is 119 cm³/mol. The van der Waals surface area contributed by atoms with Crippen LogP contribution in [0.25, 0.3) is 0 Å². The minimum atomic E-state index is -0.627. The van der Waals surface area contributed by atoms with E-state index in [0.29, 0.717) is 29.8 Å². The van der Waals surface area contributed by atoms with Crippen LogP contribution in [0.4, 0.5) is 5.69 Å². The SMILES string of the molecule is CCCc1c(OC[C@H](O)CN2CCN(c3ccccc3)CC2)ccc(C(C)=O)c1O. The number of nitrogens with zero attached hydrogens (tertiary/aromatic N) is 2. The van der Waals surface area contributed by atoms with Crippen LogP contribution >= 0.6 is 0 Å². The molecule has 1 aliphatic heterocycles. The van der Waals surface area contributed by atoms with E-state index in [-0.39, 0.29) is 18.1 Å². The summed E-state index contributed by atoms with van der Waals surface area (Å²) in [4.78, 5) is 16.3. The number of anilines is 1. The molecule has 2 aromatic rings. The van der Waals surface area contributed by atoms with Gasteiger partial charge in [0, 0.05) is 44.0 Å². The molecule has 2 aromatic carbocycles. The summed E-state index contributed by atoms with van der Waals surface area (Å²) in [5, 5.41) is 20.9. The summed E-state index contributed by atoms with van der Waals surface area (Å²) in [5.41, 5.74) is 2.18. The number of aliphatic hydroxyl groups is 1. The number of ketones is 1. The van der Waals surface area contributed by atoms with Crippen molar-refractivity contribution in [3.63, 3.8) is 0 Å². The van der Waals surface area contributed by atoms with Gasteiger partial charge in [-0.1, -0.05) is 31.5 Å². The summed E-state index contributed by atoms with van der Waals surface area (Å²) in [6, 6.07) is 13.7. The number of aromatic hydroxyl groups is 1. The predicted octanol–water partition coefficient (Wildman–Crippen LogP) is 3.11. The van der Waals surface area contributed by atoms with Crippen molar-refractivity contribution in [1.29, 1.82) is 0 Å². The number of phenolic OH excluding ortho intramolecular Hbond substituents is 1. The molecule has 0 spiro atoms. The molecule has 30 heavy (non-hydrogen) atoms. The lowest BCUT2D eigenvalue weighted by molar-refractivity contribution is 0.0658. The molecule has 2 N–H and O–H groups in total. The van der Waals surface area contributed by atoms with Gasteiger partial charge in [0.1, 0.15) is 24.2 Å². The fraction of sp³-hybridized carbons (Fsp3) is 0.458. The Morgan fingerprint density at radius 3 is 2.43 bits per heavy atom. The fourth-order valence-corrected chi connectivity index (χ4v) is 3.89. The fourth-order valence-electron chi connectivity index (χ4n) is 3.89. The van der Waals surface area contributed by atoms with E-state index >= 15 is 0 Å². The summed E-state index contributed by atoms with van der Waals surface area (Å²) < 4.78 is 5.84. The van der Waals surface area contributed by atoms with Crippen molar-refractivity contribution in [2.45, 2.75) is 32.8 Å². The number of Topliss-reactive ketones (excluding diaryl/α,β-unsaturated/α-hetero) is 1. The lowest BCUT2D eigenvalue weighted by atomic mass is 10.0. The standard InChI is InChI=1S/C24H32N2O4/c1-3-7-22-23(11-10-21(18(2)27)24(22)29)30-17-20(28)16-25-12-14-26(15-13-25)19-8-5-4-6-9-19/h4-6,8-11,20,28-29H,3,7,12-17H2,1-2H3/t20-/m1/s1. The molecule has 6 nitrogen and oxygen atoms in total. The van der Waals surface area contributed by atoms with E-state index in [0.717, 1.165) is 32.6 Å². The number of hydrogen-bond donors (Lipinski definition) is 2. The highest BCUT2D eigenvalue weighted by Crippen LogP contribution is 2.33. The number of β-amino-alcohol motifs (C(OH)–C–C–N with tert-alkyl or cyclic N) is 1. The summed E-state index contributed by atoms with van der Waals surface area (Å²) in [6.07, 6.45) is 0.802.